The number of rotatable bonds is 6. The van der Waals surface area contributed by atoms with Crippen LogP contribution in [0.4, 0.5) is 5.13 Å². The Balaban J connectivity index is 1.38. The van der Waals surface area contributed by atoms with Crippen LogP contribution >= 0.6 is 23.1 Å². The summed E-state index contributed by atoms with van der Waals surface area (Å²) in [5.74, 6) is 6.66. The lowest BCUT2D eigenvalue weighted by atomic mass is 10.1. The number of nitrogens with one attached hydrogen (secondary N) is 1. The number of amides is 1. The molecule has 9 heteroatoms. The molecule has 3 N–H and O–H groups in total. The highest BCUT2D eigenvalue weighted by Crippen LogP contribution is 2.25. The van der Waals surface area contributed by atoms with Gasteiger partial charge < -0.3 is 11.2 Å². The van der Waals surface area contributed by atoms with Crippen molar-refractivity contribution in [1.29, 1.82) is 0 Å². The number of hydrogen-bond donors (Lipinski definition) is 2. The van der Waals surface area contributed by atoms with Crippen molar-refractivity contribution in [2.24, 2.45) is 0 Å². The number of nitrogens with zero attached hydrogens (tertiary/aromatic N) is 4. The second-order valence-electron chi connectivity index (χ2n) is 6.29. The van der Waals surface area contributed by atoms with E-state index < -0.39 is 0 Å². The second-order valence-corrected chi connectivity index (χ2v) is 8.09. The molecule has 4 aromatic rings. The number of carbonyl (C=O) groups is 1. The van der Waals surface area contributed by atoms with Crippen LogP contribution in [0.15, 0.2) is 65.1 Å². The number of hydrogen-bond acceptors (Lipinski definition) is 7. The fourth-order valence-electron chi connectivity index (χ4n) is 2.71. The maximum Gasteiger partial charge on any atom is 0.236 e. The molecule has 2 aromatic carbocycles. The zero-order valence-electron chi connectivity index (χ0n) is 15.6. The number of carbonyl (C=O) groups excluding carboxylic acids is 1. The van der Waals surface area contributed by atoms with Gasteiger partial charge in [-0.15, -0.1) is 21.5 Å². The van der Waals surface area contributed by atoms with Crippen LogP contribution in [0.3, 0.4) is 0 Å². The predicted octanol–water partition coefficient (Wildman–Crippen LogP) is 3.82. The summed E-state index contributed by atoms with van der Waals surface area (Å²) in [4.78, 5) is 16.8. The minimum Gasteiger partial charge on any atom is -0.335 e. The molecule has 4 rings (SSSR count). The van der Waals surface area contributed by atoms with Gasteiger partial charge in [0.25, 0.3) is 0 Å². The second kappa shape index (κ2) is 8.46. The molecule has 0 unspecified atom stereocenters. The van der Waals surface area contributed by atoms with Gasteiger partial charge in [0.2, 0.25) is 11.1 Å². The van der Waals surface area contributed by atoms with Crippen molar-refractivity contribution < 1.29 is 4.79 Å². The molecule has 7 nitrogen and oxygen atoms in total. The van der Waals surface area contributed by atoms with Gasteiger partial charge in [-0.25, -0.2) is 9.66 Å². The molecule has 0 fully saturated rings. The lowest BCUT2D eigenvalue weighted by Gasteiger charge is -2.04. The van der Waals surface area contributed by atoms with Gasteiger partial charge in [0, 0.05) is 16.5 Å². The van der Waals surface area contributed by atoms with Gasteiger partial charge in [-0.1, -0.05) is 65.9 Å². The molecule has 0 radical (unpaired) electrons. The highest BCUT2D eigenvalue weighted by molar-refractivity contribution is 7.99. The Morgan fingerprint density at radius 2 is 1.93 bits per heavy atom. The first kappa shape index (κ1) is 19.2. The van der Waals surface area contributed by atoms with Crippen LogP contribution < -0.4 is 11.2 Å². The quantitative estimate of drug-likeness (QED) is 0.362. The Labute approximate surface area is 176 Å². The number of aromatic nitrogens is 4. The SMILES string of the molecule is Cc1cccc(-c2nnc(SCC(=O)Nc3nc(-c4ccccc4)cs3)n2N)c1. The lowest BCUT2D eigenvalue weighted by Crippen LogP contribution is -2.16. The average Bonchev–Trinajstić information content (AvgIpc) is 3.34. The number of thiazole rings is 1. The normalized spacial score (nSPS) is 10.8. The van der Waals surface area contributed by atoms with E-state index in [2.05, 4.69) is 20.5 Å². The van der Waals surface area contributed by atoms with E-state index in [0.717, 1.165) is 22.4 Å². The van der Waals surface area contributed by atoms with Gasteiger partial charge in [0.15, 0.2) is 11.0 Å². The molecular formula is C20H18N6OS2. The standard InChI is InChI=1S/C20H18N6OS2/c1-13-6-5-9-15(10-13)18-24-25-20(26(18)21)29-12-17(27)23-19-22-16(11-28-19)14-7-3-2-4-8-14/h2-11H,12,21H2,1H3,(H,22,23,27). The monoisotopic (exact) mass is 422 g/mol. The van der Waals surface area contributed by atoms with Gasteiger partial charge in [-0.05, 0) is 13.0 Å². The molecule has 1 amide bonds. The van der Waals surface area contributed by atoms with Crippen molar-refractivity contribution in [2.45, 2.75) is 12.1 Å². The van der Waals surface area contributed by atoms with Crippen LogP contribution in [0.5, 0.6) is 0 Å². The number of nitrogen functional groups attached to an aromatic ring is 1. The molecule has 146 valence electrons. The molecule has 2 heterocycles. The van der Waals surface area contributed by atoms with Gasteiger partial charge in [0.05, 0.1) is 11.4 Å². The molecule has 0 saturated carbocycles. The van der Waals surface area contributed by atoms with Crippen molar-refractivity contribution in [1.82, 2.24) is 19.9 Å². The number of nitrogens with two attached hydrogens (primary N) is 1. The molecule has 0 saturated heterocycles. The summed E-state index contributed by atoms with van der Waals surface area (Å²) in [5, 5.41) is 14.0. The van der Waals surface area contributed by atoms with Gasteiger partial charge in [-0.2, -0.15) is 0 Å². The molecule has 0 atom stereocenters. The van der Waals surface area contributed by atoms with Crippen LogP contribution in [-0.2, 0) is 4.79 Å². The molecule has 0 aliphatic carbocycles. The number of anilines is 1. The van der Waals surface area contributed by atoms with Crippen LogP contribution in [0.1, 0.15) is 5.56 Å². The van der Waals surface area contributed by atoms with E-state index in [1.54, 1.807) is 0 Å². The fourth-order valence-corrected chi connectivity index (χ4v) is 4.11. The highest BCUT2D eigenvalue weighted by Gasteiger charge is 2.15. The largest absolute Gasteiger partial charge is 0.335 e. The molecular weight excluding hydrogens is 404 g/mol. The first-order chi connectivity index (χ1) is 14.1. The number of thioether (sulfide) groups is 1. The zero-order chi connectivity index (χ0) is 20.2. The molecule has 29 heavy (non-hydrogen) atoms. The summed E-state index contributed by atoms with van der Waals surface area (Å²) in [6, 6.07) is 17.7. The summed E-state index contributed by atoms with van der Waals surface area (Å²) < 4.78 is 1.41. The van der Waals surface area contributed by atoms with Crippen LogP contribution in [0.25, 0.3) is 22.6 Å². The molecule has 0 bridgehead atoms. The summed E-state index contributed by atoms with van der Waals surface area (Å²) in [5.41, 5.74) is 3.84. The van der Waals surface area contributed by atoms with E-state index in [9.17, 15) is 4.79 Å². The minimum absolute atomic E-state index is 0.156. The maximum atomic E-state index is 12.3. The van der Waals surface area contributed by atoms with Gasteiger partial charge >= 0.3 is 0 Å². The van der Waals surface area contributed by atoms with Crippen LogP contribution in [-0.4, -0.2) is 31.5 Å². The van der Waals surface area contributed by atoms with Crippen LogP contribution in [0.2, 0.25) is 0 Å². The van der Waals surface area contributed by atoms with Gasteiger partial charge in [0.1, 0.15) is 0 Å². The van der Waals surface area contributed by atoms with E-state index in [-0.39, 0.29) is 11.7 Å². The third-order valence-corrected chi connectivity index (χ3v) is 5.79. The maximum absolute atomic E-state index is 12.3. The lowest BCUT2D eigenvalue weighted by molar-refractivity contribution is -0.113. The first-order valence-corrected chi connectivity index (χ1v) is 10.7. The summed E-state index contributed by atoms with van der Waals surface area (Å²) >= 11 is 2.62. The van der Waals surface area contributed by atoms with Gasteiger partial charge in [-0.3, -0.25) is 4.79 Å². The Bertz CT molecular complexity index is 1140. The van der Waals surface area contributed by atoms with E-state index in [4.69, 9.17) is 5.84 Å². The smallest absolute Gasteiger partial charge is 0.236 e. The van der Waals surface area contributed by atoms with Crippen molar-refractivity contribution in [3.05, 3.63) is 65.5 Å². The van der Waals surface area contributed by atoms with E-state index >= 15 is 0 Å². The van der Waals surface area contributed by atoms with Crippen LogP contribution in [0, 0.1) is 6.92 Å². The van der Waals surface area contributed by atoms with E-state index in [0.29, 0.717) is 16.1 Å². The first-order valence-electron chi connectivity index (χ1n) is 8.81. The molecule has 0 spiro atoms. The van der Waals surface area contributed by atoms with Crippen molar-refractivity contribution >= 4 is 34.1 Å². The molecule has 2 aromatic heterocycles. The average molecular weight is 423 g/mol. The Hall–Kier alpha value is -3.17. The van der Waals surface area contributed by atoms with Crippen molar-refractivity contribution in [2.75, 3.05) is 16.9 Å². The summed E-state index contributed by atoms with van der Waals surface area (Å²) in [7, 11) is 0. The Morgan fingerprint density at radius 3 is 2.72 bits per heavy atom. The van der Waals surface area contributed by atoms with Crippen molar-refractivity contribution in [3.63, 3.8) is 0 Å². The Morgan fingerprint density at radius 1 is 1.14 bits per heavy atom. The third-order valence-electron chi connectivity index (χ3n) is 4.09. The van der Waals surface area contributed by atoms with Crippen molar-refractivity contribution in [3.8, 4) is 22.6 Å². The number of aryl methyl sites for hydroxylation is 1. The Kier molecular flexibility index (Phi) is 5.59. The minimum atomic E-state index is -0.177. The fraction of sp³-hybridized carbons (Fsp3) is 0.100. The molecule has 0 aliphatic heterocycles. The van der Waals surface area contributed by atoms with E-state index in [1.165, 1.54) is 27.8 Å². The molecule has 0 aliphatic rings. The predicted molar refractivity (Wildman–Crippen MR) is 117 cm³/mol. The third kappa shape index (κ3) is 4.47. The number of benzene rings is 2. The summed E-state index contributed by atoms with van der Waals surface area (Å²) in [6.45, 7) is 2.00. The van der Waals surface area contributed by atoms with E-state index in [1.807, 2.05) is 66.9 Å². The topological polar surface area (TPSA) is 98.7 Å². The summed E-state index contributed by atoms with van der Waals surface area (Å²) in [6.07, 6.45) is 0. The highest BCUT2D eigenvalue weighted by atomic mass is 32.2. The zero-order valence-corrected chi connectivity index (χ0v) is 17.2.